The maximum absolute atomic E-state index is 11.9. The van der Waals surface area contributed by atoms with Crippen molar-refractivity contribution in [2.75, 3.05) is 17.8 Å². The van der Waals surface area contributed by atoms with E-state index in [9.17, 15) is 4.79 Å². The number of alkyl halides is 1. The molecule has 5 nitrogen and oxygen atoms in total. The second kappa shape index (κ2) is 10.0. The minimum atomic E-state index is -0.124. The highest BCUT2D eigenvalue weighted by atomic mass is 35.5. The molecule has 0 saturated heterocycles. The molecule has 0 saturated carbocycles. The number of carbonyl (C=O) groups is 1. The third kappa shape index (κ3) is 6.43. The Hall–Kier alpha value is -1.08. The third-order valence-electron chi connectivity index (χ3n) is 2.94. The van der Waals surface area contributed by atoms with E-state index in [1.165, 1.54) is 11.3 Å². The molecule has 1 amide bonds. The fourth-order valence-corrected chi connectivity index (χ4v) is 3.21. The first kappa shape index (κ1) is 19.2. The van der Waals surface area contributed by atoms with Crippen molar-refractivity contribution in [2.24, 2.45) is 0 Å². The van der Waals surface area contributed by atoms with Crippen LogP contribution in [0.3, 0.4) is 0 Å². The lowest BCUT2D eigenvalue weighted by atomic mass is 10.3. The second-order valence-corrected chi connectivity index (χ2v) is 7.15. The smallest absolute Gasteiger partial charge is 0.226 e. The van der Waals surface area contributed by atoms with E-state index in [1.807, 2.05) is 0 Å². The van der Waals surface area contributed by atoms with Gasteiger partial charge in [0.2, 0.25) is 11.0 Å². The monoisotopic (exact) mass is 407 g/mol. The summed E-state index contributed by atoms with van der Waals surface area (Å²) in [6, 6.07) is 5.02. The van der Waals surface area contributed by atoms with Crippen LogP contribution in [-0.2, 0) is 11.2 Å². The Morgan fingerprint density at radius 1 is 1.25 bits per heavy atom. The van der Waals surface area contributed by atoms with Crippen LogP contribution in [-0.4, -0.2) is 28.6 Å². The minimum Gasteiger partial charge on any atom is -0.492 e. The summed E-state index contributed by atoms with van der Waals surface area (Å²) in [4.78, 5) is 11.9. The molecule has 24 heavy (non-hydrogen) atoms. The van der Waals surface area contributed by atoms with Crippen LogP contribution in [0.25, 0.3) is 0 Å². The molecule has 0 aliphatic heterocycles. The predicted octanol–water partition coefficient (Wildman–Crippen LogP) is 4.81. The standard InChI is InChI=1S/C15H16Cl3N3O2S/c16-7-1-4-14-20-21-15(24-14)19-13(22)3-2-8-23-12-6-5-10(17)9-11(12)18/h5-6,9H,1-4,7-8H2,(H,19,21,22). The number of anilines is 1. The van der Waals surface area contributed by atoms with Gasteiger partial charge in [-0.2, -0.15) is 0 Å². The molecule has 0 aliphatic carbocycles. The van der Waals surface area contributed by atoms with E-state index in [0.717, 1.165) is 17.8 Å². The van der Waals surface area contributed by atoms with Gasteiger partial charge in [-0.05, 0) is 31.0 Å². The lowest BCUT2D eigenvalue weighted by Crippen LogP contribution is -2.12. The quantitative estimate of drug-likeness (QED) is 0.477. The molecule has 1 aromatic carbocycles. The summed E-state index contributed by atoms with van der Waals surface area (Å²) >= 11 is 18.8. The average Bonchev–Trinajstić information content (AvgIpc) is 2.98. The highest BCUT2D eigenvalue weighted by Crippen LogP contribution is 2.27. The number of aromatic nitrogens is 2. The topological polar surface area (TPSA) is 64.1 Å². The molecule has 1 N–H and O–H groups in total. The van der Waals surface area contributed by atoms with Crippen molar-refractivity contribution in [2.45, 2.75) is 25.7 Å². The highest BCUT2D eigenvalue weighted by Gasteiger charge is 2.08. The number of rotatable bonds is 9. The van der Waals surface area contributed by atoms with Crippen LogP contribution in [0.4, 0.5) is 5.13 Å². The van der Waals surface area contributed by atoms with Crippen LogP contribution in [0.1, 0.15) is 24.3 Å². The summed E-state index contributed by atoms with van der Waals surface area (Å²) in [5.41, 5.74) is 0. The molecule has 0 aliphatic rings. The van der Waals surface area contributed by atoms with Crippen molar-refractivity contribution in [3.63, 3.8) is 0 Å². The van der Waals surface area contributed by atoms with Gasteiger partial charge < -0.3 is 10.1 Å². The first-order valence-electron chi connectivity index (χ1n) is 7.34. The normalized spacial score (nSPS) is 10.6. The summed E-state index contributed by atoms with van der Waals surface area (Å²) < 4.78 is 5.53. The Kier molecular flexibility index (Phi) is 8.05. The van der Waals surface area contributed by atoms with Crippen LogP contribution < -0.4 is 10.1 Å². The lowest BCUT2D eigenvalue weighted by molar-refractivity contribution is -0.116. The van der Waals surface area contributed by atoms with Crippen molar-refractivity contribution < 1.29 is 9.53 Å². The molecule has 0 unspecified atom stereocenters. The van der Waals surface area contributed by atoms with Gasteiger partial charge in [-0.25, -0.2) is 0 Å². The number of ether oxygens (including phenoxy) is 1. The summed E-state index contributed by atoms with van der Waals surface area (Å²) in [5, 5.41) is 13.0. The zero-order chi connectivity index (χ0) is 17.4. The van der Waals surface area contributed by atoms with Gasteiger partial charge in [-0.3, -0.25) is 4.79 Å². The van der Waals surface area contributed by atoms with Gasteiger partial charge in [0.25, 0.3) is 0 Å². The number of benzene rings is 1. The van der Waals surface area contributed by atoms with Crippen molar-refractivity contribution in [1.82, 2.24) is 10.2 Å². The molecule has 2 aromatic rings. The van der Waals surface area contributed by atoms with Gasteiger partial charge in [-0.1, -0.05) is 34.5 Å². The van der Waals surface area contributed by atoms with Gasteiger partial charge in [0.05, 0.1) is 11.6 Å². The number of nitrogens with one attached hydrogen (secondary N) is 1. The van der Waals surface area contributed by atoms with E-state index >= 15 is 0 Å². The van der Waals surface area contributed by atoms with Crippen LogP contribution in [0, 0.1) is 0 Å². The number of halogens is 3. The third-order valence-corrected chi connectivity index (χ3v) is 4.63. The van der Waals surface area contributed by atoms with E-state index in [0.29, 0.717) is 46.3 Å². The number of carbonyl (C=O) groups excluding carboxylic acids is 1. The summed E-state index contributed by atoms with van der Waals surface area (Å²) in [5.74, 6) is 1.01. The molecule has 1 aromatic heterocycles. The summed E-state index contributed by atoms with van der Waals surface area (Å²) in [7, 11) is 0. The molecule has 9 heteroatoms. The molecule has 0 fully saturated rings. The van der Waals surface area contributed by atoms with Crippen LogP contribution in [0.5, 0.6) is 5.75 Å². The maximum atomic E-state index is 11.9. The SMILES string of the molecule is O=C(CCCOc1ccc(Cl)cc1Cl)Nc1nnc(CCCCl)s1. The van der Waals surface area contributed by atoms with Crippen molar-refractivity contribution in [3.8, 4) is 5.75 Å². The molecule has 1 heterocycles. The molecular weight excluding hydrogens is 393 g/mol. The number of hydrogen-bond acceptors (Lipinski definition) is 5. The molecule has 130 valence electrons. The maximum Gasteiger partial charge on any atom is 0.226 e. The summed E-state index contributed by atoms with van der Waals surface area (Å²) in [6.07, 6.45) is 2.49. The zero-order valence-corrected chi connectivity index (χ0v) is 15.8. The second-order valence-electron chi connectivity index (χ2n) is 4.87. The first-order chi connectivity index (χ1) is 11.6. The van der Waals surface area contributed by atoms with Gasteiger partial charge in [0, 0.05) is 23.7 Å². The van der Waals surface area contributed by atoms with Gasteiger partial charge >= 0.3 is 0 Å². The van der Waals surface area contributed by atoms with Crippen LogP contribution in [0.15, 0.2) is 18.2 Å². The Labute approximate surface area is 159 Å². The molecule has 0 atom stereocenters. The van der Waals surface area contributed by atoms with Crippen molar-refractivity contribution >= 4 is 57.2 Å². The molecule has 0 bridgehead atoms. The van der Waals surface area contributed by atoms with E-state index < -0.39 is 0 Å². The molecular formula is C15H16Cl3N3O2S. The number of hydrogen-bond donors (Lipinski definition) is 1. The number of aryl methyl sites for hydroxylation is 1. The molecule has 0 spiro atoms. The van der Waals surface area contributed by atoms with E-state index in [1.54, 1.807) is 18.2 Å². The Morgan fingerprint density at radius 3 is 2.83 bits per heavy atom. The van der Waals surface area contributed by atoms with E-state index in [2.05, 4.69) is 15.5 Å². The van der Waals surface area contributed by atoms with Crippen LogP contribution in [0.2, 0.25) is 10.0 Å². The summed E-state index contributed by atoms with van der Waals surface area (Å²) in [6.45, 7) is 0.381. The Bertz CT molecular complexity index is 682. The number of nitrogens with zero attached hydrogens (tertiary/aromatic N) is 2. The lowest BCUT2D eigenvalue weighted by Gasteiger charge is -2.07. The van der Waals surface area contributed by atoms with Crippen molar-refractivity contribution in [1.29, 1.82) is 0 Å². The van der Waals surface area contributed by atoms with Gasteiger partial charge in [0.15, 0.2) is 0 Å². The van der Waals surface area contributed by atoms with Gasteiger partial charge in [0.1, 0.15) is 10.8 Å². The average molecular weight is 409 g/mol. The zero-order valence-electron chi connectivity index (χ0n) is 12.7. The number of amides is 1. The fourth-order valence-electron chi connectivity index (χ4n) is 1.81. The molecule has 2 rings (SSSR count). The Morgan fingerprint density at radius 2 is 2.08 bits per heavy atom. The van der Waals surface area contributed by atoms with E-state index in [4.69, 9.17) is 39.5 Å². The molecule has 0 radical (unpaired) electrons. The Balaban J connectivity index is 1.68. The predicted molar refractivity (Wildman–Crippen MR) is 98.8 cm³/mol. The highest BCUT2D eigenvalue weighted by molar-refractivity contribution is 7.15. The van der Waals surface area contributed by atoms with Crippen molar-refractivity contribution in [3.05, 3.63) is 33.3 Å². The van der Waals surface area contributed by atoms with Crippen LogP contribution >= 0.6 is 46.1 Å². The van der Waals surface area contributed by atoms with Gasteiger partial charge in [-0.15, -0.1) is 21.8 Å². The first-order valence-corrected chi connectivity index (χ1v) is 9.45. The fraction of sp³-hybridized carbons (Fsp3) is 0.400. The minimum absolute atomic E-state index is 0.124. The van der Waals surface area contributed by atoms with E-state index in [-0.39, 0.29) is 5.91 Å². The largest absolute Gasteiger partial charge is 0.492 e.